The molecule has 0 aromatic carbocycles. The van der Waals surface area contributed by atoms with Crippen molar-refractivity contribution >= 4 is 11.9 Å². The number of hydrogen-bond donors (Lipinski definition) is 2. The average molecular weight is 278 g/mol. The van der Waals surface area contributed by atoms with E-state index in [1.807, 2.05) is 18.4 Å². The van der Waals surface area contributed by atoms with Gasteiger partial charge in [-0.2, -0.15) is 15.0 Å². The maximum absolute atomic E-state index is 5.05. The van der Waals surface area contributed by atoms with Gasteiger partial charge in [0, 0.05) is 13.1 Å². The van der Waals surface area contributed by atoms with Crippen molar-refractivity contribution in [3.05, 3.63) is 12.2 Å². The van der Waals surface area contributed by atoms with E-state index in [4.69, 9.17) is 4.74 Å². The van der Waals surface area contributed by atoms with Gasteiger partial charge in [-0.15, -0.1) is 10.2 Å². The van der Waals surface area contributed by atoms with E-state index in [0.29, 0.717) is 18.4 Å². The Morgan fingerprint density at radius 2 is 1.90 bits per heavy atom. The molecule has 0 bridgehead atoms. The van der Waals surface area contributed by atoms with Crippen molar-refractivity contribution in [2.45, 2.75) is 26.9 Å². The van der Waals surface area contributed by atoms with Crippen LogP contribution in [0.5, 0.6) is 6.01 Å². The quantitative estimate of drug-likeness (QED) is 0.756. The van der Waals surface area contributed by atoms with Crippen LogP contribution in [0, 0.1) is 0 Å². The van der Waals surface area contributed by atoms with E-state index in [0.717, 1.165) is 18.9 Å². The first kappa shape index (κ1) is 14.0. The number of aromatic nitrogens is 6. The summed E-state index contributed by atoms with van der Waals surface area (Å²) < 4.78 is 6.99. The molecule has 0 fully saturated rings. The topological polar surface area (TPSA) is 103 Å². The van der Waals surface area contributed by atoms with E-state index in [-0.39, 0.29) is 6.01 Å². The number of hydrogen-bond acceptors (Lipinski definition) is 8. The van der Waals surface area contributed by atoms with Crippen LogP contribution >= 0.6 is 0 Å². The van der Waals surface area contributed by atoms with Crippen LogP contribution in [0.15, 0.2) is 6.33 Å². The molecule has 0 radical (unpaired) electrons. The molecule has 2 aromatic rings. The third kappa shape index (κ3) is 3.31. The molecular weight excluding hydrogens is 260 g/mol. The van der Waals surface area contributed by atoms with Gasteiger partial charge in [0.2, 0.25) is 11.9 Å². The molecule has 0 saturated heterocycles. The summed E-state index contributed by atoms with van der Waals surface area (Å²) in [5.41, 5.74) is 0. The molecule has 0 aliphatic carbocycles. The van der Waals surface area contributed by atoms with Gasteiger partial charge in [-0.05, 0) is 13.8 Å². The number of rotatable bonds is 7. The van der Waals surface area contributed by atoms with Gasteiger partial charge in [0.25, 0.3) is 0 Å². The normalized spacial score (nSPS) is 10.3. The standard InChI is InChI=1S/C11H18N8O/c1-4-12-9-15-10(17-11(16-9)20-3)13-6-8-18-14-7-19(8)5-2/h7H,4-6H2,1-3H3,(H2,12,13,15,16,17). The van der Waals surface area contributed by atoms with Crippen LogP contribution in [-0.4, -0.2) is 43.4 Å². The molecule has 108 valence electrons. The van der Waals surface area contributed by atoms with E-state index < -0.39 is 0 Å². The van der Waals surface area contributed by atoms with E-state index in [1.54, 1.807) is 6.33 Å². The third-order valence-electron chi connectivity index (χ3n) is 2.57. The Bertz CT molecular complexity index is 555. The van der Waals surface area contributed by atoms with E-state index in [1.165, 1.54) is 7.11 Å². The van der Waals surface area contributed by atoms with Crippen LogP contribution in [0.4, 0.5) is 11.9 Å². The fourth-order valence-electron chi connectivity index (χ4n) is 1.60. The van der Waals surface area contributed by atoms with Gasteiger partial charge in [-0.3, -0.25) is 0 Å². The van der Waals surface area contributed by atoms with Crippen LogP contribution in [-0.2, 0) is 13.1 Å². The maximum atomic E-state index is 5.05. The summed E-state index contributed by atoms with van der Waals surface area (Å²) in [5, 5.41) is 14.0. The Kier molecular flexibility index (Phi) is 4.64. The molecule has 0 amide bonds. The molecule has 9 heteroatoms. The van der Waals surface area contributed by atoms with Crippen molar-refractivity contribution in [1.29, 1.82) is 0 Å². The van der Waals surface area contributed by atoms with E-state index >= 15 is 0 Å². The highest BCUT2D eigenvalue weighted by atomic mass is 16.5. The molecule has 2 heterocycles. The first-order valence-electron chi connectivity index (χ1n) is 6.41. The minimum atomic E-state index is 0.260. The van der Waals surface area contributed by atoms with Gasteiger partial charge in [0.1, 0.15) is 6.33 Å². The molecule has 9 nitrogen and oxygen atoms in total. The monoisotopic (exact) mass is 278 g/mol. The van der Waals surface area contributed by atoms with Crippen molar-refractivity contribution in [3.8, 4) is 6.01 Å². The molecule has 20 heavy (non-hydrogen) atoms. The SMILES string of the molecule is CCNc1nc(NCc2nncn2CC)nc(OC)n1. The van der Waals surface area contributed by atoms with Gasteiger partial charge in [0.05, 0.1) is 13.7 Å². The van der Waals surface area contributed by atoms with Gasteiger partial charge in [-0.1, -0.05) is 0 Å². The lowest BCUT2D eigenvalue weighted by molar-refractivity contribution is 0.379. The molecule has 2 rings (SSSR count). The number of nitrogens with one attached hydrogen (secondary N) is 2. The molecular formula is C11H18N8O. The lowest BCUT2D eigenvalue weighted by Gasteiger charge is -2.08. The molecule has 0 aliphatic heterocycles. The van der Waals surface area contributed by atoms with Crippen molar-refractivity contribution in [2.24, 2.45) is 0 Å². The fraction of sp³-hybridized carbons (Fsp3) is 0.545. The molecule has 2 N–H and O–H groups in total. The van der Waals surface area contributed by atoms with Gasteiger partial charge < -0.3 is 19.9 Å². The Morgan fingerprint density at radius 3 is 2.55 bits per heavy atom. The minimum Gasteiger partial charge on any atom is -0.467 e. The highest BCUT2D eigenvalue weighted by Gasteiger charge is 2.08. The summed E-state index contributed by atoms with van der Waals surface area (Å²) in [6.45, 7) is 6.01. The van der Waals surface area contributed by atoms with Crippen LogP contribution in [0.3, 0.4) is 0 Å². The molecule has 0 atom stereocenters. The number of aryl methyl sites for hydroxylation is 1. The number of ether oxygens (including phenoxy) is 1. The van der Waals surface area contributed by atoms with Crippen molar-refractivity contribution in [2.75, 3.05) is 24.3 Å². The number of methoxy groups -OCH3 is 1. The zero-order chi connectivity index (χ0) is 14.4. The fourth-order valence-corrected chi connectivity index (χ4v) is 1.60. The number of anilines is 2. The zero-order valence-electron chi connectivity index (χ0n) is 11.8. The highest BCUT2D eigenvalue weighted by molar-refractivity contribution is 5.35. The number of nitrogens with zero attached hydrogens (tertiary/aromatic N) is 6. The second-order valence-electron chi connectivity index (χ2n) is 3.89. The van der Waals surface area contributed by atoms with Crippen molar-refractivity contribution in [1.82, 2.24) is 29.7 Å². The molecule has 0 unspecified atom stereocenters. The van der Waals surface area contributed by atoms with Gasteiger partial charge in [0.15, 0.2) is 5.82 Å². The summed E-state index contributed by atoms with van der Waals surface area (Å²) >= 11 is 0. The molecule has 0 spiro atoms. The third-order valence-corrected chi connectivity index (χ3v) is 2.57. The zero-order valence-corrected chi connectivity index (χ0v) is 11.8. The highest BCUT2D eigenvalue weighted by Crippen LogP contribution is 2.11. The largest absolute Gasteiger partial charge is 0.467 e. The molecule has 2 aromatic heterocycles. The van der Waals surface area contributed by atoms with E-state index in [9.17, 15) is 0 Å². The van der Waals surface area contributed by atoms with Crippen molar-refractivity contribution in [3.63, 3.8) is 0 Å². The summed E-state index contributed by atoms with van der Waals surface area (Å²) in [5.74, 6) is 1.72. The Balaban J connectivity index is 2.10. The van der Waals surface area contributed by atoms with Gasteiger partial charge in [-0.25, -0.2) is 0 Å². The average Bonchev–Trinajstić information content (AvgIpc) is 2.92. The lowest BCUT2D eigenvalue weighted by Crippen LogP contribution is -2.12. The summed E-state index contributed by atoms with van der Waals surface area (Å²) in [7, 11) is 1.52. The van der Waals surface area contributed by atoms with Crippen LogP contribution in [0.25, 0.3) is 0 Å². The summed E-state index contributed by atoms with van der Waals surface area (Å²) in [6.07, 6.45) is 1.69. The van der Waals surface area contributed by atoms with Crippen LogP contribution < -0.4 is 15.4 Å². The second kappa shape index (κ2) is 6.64. The second-order valence-corrected chi connectivity index (χ2v) is 3.89. The first-order chi connectivity index (χ1) is 9.76. The lowest BCUT2D eigenvalue weighted by atomic mass is 10.5. The molecule has 0 aliphatic rings. The van der Waals surface area contributed by atoms with Crippen molar-refractivity contribution < 1.29 is 4.74 Å². The van der Waals surface area contributed by atoms with Crippen LogP contribution in [0.1, 0.15) is 19.7 Å². The Morgan fingerprint density at radius 1 is 1.15 bits per heavy atom. The smallest absolute Gasteiger partial charge is 0.322 e. The minimum absolute atomic E-state index is 0.260. The van der Waals surface area contributed by atoms with E-state index in [2.05, 4.69) is 35.8 Å². The Hall–Kier alpha value is -2.45. The predicted octanol–water partition coefficient (Wildman–Crippen LogP) is 0.535. The summed E-state index contributed by atoms with van der Waals surface area (Å²) in [6, 6.07) is 0.260. The molecule has 0 saturated carbocycles. The predicted molar refractivity (Wildman–Crippen MR) is 73.6 cm³/mol. The van der Waals surface area contributed by atoms with Gasteiger partial charge >= 0.3 is 6.01 Å². The Labute approximate surface area is 116 Å². The van der Waals surface area contributed by atoms with Crippen LogP contribution in [0.2, 0.25) is 0 Å². The first-order valence-corrected chi connectivity index (χ1v) is 6.41. The maximum Gasteiger partial charge on any atom is 0.322 e. The summed E-state index contributed by atoms with van der Waals surface area (Å²) in [4.78, 5) is 12.5.